The maximum atomic E-state index is 12.6. The predicted octanol–water partition coefficient (Wildman–Crippen LogP) is 4.60. The molecule has 140 valence electrons. The third-order valence-corrected chi connectivity index (χ3v) is 4.47. The Bertz CT molecular complexity index is 1200. The van der Waals surface area contributed by atoms with Crippen LogP contribution in [0.2, 0.25) is 0 Å². The molecule has 0 aliphatic heterocycles. The van der Waals surface area contributed by atoms with Crippen LogP contribution in [0.5, 0.6) is 0 Å². The first-order valence-electron chi connectivity index (χ1n) is 8.54. The Balaban J connectivity index is 1.62. The summed E-state index contributed by atoms with van der Waals surface area (Å²) in [5.74, 6) is 0.818. The monoisotopic (exact) mass is 376 g/mol. The van der Waals surface area contributed by atoms with Crippen molar-refractivity contribution in [3.05, 3.63) is 75.8 Å². The van der Waals surface area contributed by atoms with E-state index >= 15 is 0 Å². The summed E-state index contributed by atoms with van der Waals surface area (Å²) in [5, 5.41) is 14.5. The Labute approximate surface area is 159 Å². The van der Waals surface area contributed by atoms with E-state index in [2.05, 4.69) is 15.3 Å². The SMILES string of the molecule is Cc1nc(-c2cccc(NC(=O)c3cc4cccc([N+](=O)[O-])c4[nH]3)c2)oc1C. The molecule has 0 atom stereocenters. The molecule has 0 fully saturated rings. The fourth-order valence-electron chi connectivity index (χ4n) is 2.94. The molecule has 28 heavy (non-hydrogen) atoms. The molecule has 0 saturated carbocycles. The normalized spacial score (nSPS) is 10.9. The lowest BCUT2D eigenvalue weighted by Gasteiger charge is -2.05. The first kappa shape index (κ1) is 17.5. The smallest absolute Gasteiger partial charge is 0.293 e. The van der Waals surface area contributed by atoms with E-state index < -0.39 is 10.8 Å². The number of nitrogens with one attached hydrogen (secondary N) is 2. The molecule has 2 heterocycles. The number of aryl methyl sites for hydroxylation is 2. The van der Waals surface area contributed by atoms with E-state index in [1.54, 1.807) is 36.4 Å². The number of carbonyl (C=O) groups is 1. The van der Waals surface area contributed by atoms with Gasteiger partial charge in [0, 0.05) is 22.7 Å². The Morgan fingerprint density at radius 1 is 1.18 bits per heavy atom. The molecule has 4 rings (SSSR count). The van der Waals surface area contributed by atoms with Crippen LogP contribution in [0.4, 0.5) is 11.4 Å². The van der Waals surface area contributed by atoms with Crippen LogP contribution in [-0.4, -0.2) is 20.8 Å². The van der Waals surface area contributed by atoms with E-state index in [1.165, 1.54) is 6.07 Å². The number of aromatic amines is 1. The minimum absolute atomic E-state index is 0.0758. The predicted molar refractivity (Wildman–Crippen MR) is 104 cm³/mol. The average molecular weight is 376 g/mol. The van der Waals surface area contributed by atoms with Gasteiger partial charge in [-0.15, -0.1) is 0 Å². The summed E-state index contributed by atoms with van der Waals surface area (Å²) in [6, 6.07) is 13.4. The highest BCUT2D eigenvalue weighted by atomic mass is 16.6. The maximum absolute atomic E-state index is 12.6. The second kappa shape index (κ2) is 6.66. The van der Waals surface area contributed by atoms with E-state index in [0.29, 0.717) is 22.5 Å². The highest BCUT2D eigenvalue weighted by Crippen LogP contribution is 2.27. The number of carbonyl (C=O) groups excluding carboxylic acids is 1. The molecule has 0 spiro atoms. The molecule has 2 aromatic carbocycles. The number of nitro groups is 1. The third-order valence-electron chi connectivity index (χ3n) is 4.47. The van der Waals surface area contributed by atoms with Crippen molar-refractivity contribution in [2.24, 2.45) is 0 Å². The number of aromatic nitrogens is 2. The van der Waals surface area contributed by atoms with Crippen LogP contribution >= 0.6 is 0 Å². The molecule has 1 amide bonds. The van der Waals surface area contributed by atoms with E-state index in [9.17, 15) is 14.9 Å². The van der Waals surface area contributed by atoms with Crippen LogP contribution in [0.1, 0.15) is 21.9 Å². The molecule has 4 aromatic rings. The summed E-state index contributed by atoms with van der Waals surface area (Å²) < 4.78 is 5.63. The zero-order valence-corrected chi connectivity index (χ0v) is 15.1. The number of non-ortho nitro benzene ring substituents is 1. The Kier molecular flexibility index (Phi) is 4.15. The van der Waals surface area contributed by atoms with Gasteiger partial charge in [0.05, 0.1) is 10.6 Å². The number of oxazole rings is 1. The number of fused-ring (bicyclic) bond motifs is 1. The molecule has 0 aliphatic rings. The quantitative estimate of drug-likeness (QED) is 0.399. The van der Waals surface area contributed by atoms with Crippen LogP contribution in [-0.2, 0) is 0 Å². The Morgan fingerprint density at radius 2 is 1.96 bits per heavy atom. The fourth-order valence-corrected chi connectivity index (χ4v) is 2.94. The number of anilines is 1. The van der Waals surface area contributed by atoms with Gasteiger partial charge in [0.15, 0.2) is 0 Å². The minimum Gasteiger partial charge on any atom is -0.441 e. The summed E-state index contributed by atoms with van der Waals surface area (Å²) in [7, 11) is 0. The van der Waals surface area contributed by atoms with Gasteiger partial charge in [0.2, 0.25) is 5.89 Å². The number of hydrogen-bond acceptors (Lipinski definition) is 5. The summed E-state index contributed by atoms with van der Waals surface area (Å²) in [6.07, 6.45) is 0. The van der Waals surface area contributed by atoms with Crippen molar-refractivity contribution in [1.82, 2.24) is 9.97 Å². The molecule has 0 saturated heterocycles. The van der Waals surface area contributed by atoms with Crippen molar-refractivity contribution in [3.8, 4) is 11.5 Å². The summed E-state index contributed by atoms with van der Waals surface area (Å²) in [6.45, 7) is 3.70. The lowest BCUT2D eigenvalue weighted by Crippen LogP contribution is -2.12. The van der Waals surface area contributed by atoms with Crippen molar-refractivity contribution >= 4 is 28.2 Å². The summed E-state index contributed by atoms with van der Waals surface area (Å²) in [5.41, 5.74) is 2.58. The van der Waals surface area contributed by atoms with Gasteiger partial charge in [-0.2, -0.15) is 0 Å². The molecule has 8 heteroatoms. The van der Waals surface area contributed by atoms with Crippen molar-refractivity contribution in [2.75, 3.05) is 5.32 Å². The van der Waals surface area contributed by atoms with Gasteiger partial charge in [-0.05, 0) is 38.1 Å². The van der Waals surface area contributed by atoms with Crippen LogP contribution in [0.25, 0.3) is 22.4 Å². The number of hydrogen-bond donors (Lipinski definition) is 2. The summed E-state index contributed by atoms with van der Waals surface area (Å²) >= 11 is 0. The first-order valence-corrected chi connectivity index (χ1v) is 8.54. The number of para-hydroxylation sites is 1. The second-order valence-corrected chi connectivity index (χ2v) is 6.38. The highest BCUT2D eigenvalue weighted by Gasteiger charge is 2.17. The molecule has 0 aliphatic carbocycles. The fraction of sp³-hybridized carbons (Fsp3) is 0.100. The van der Waals surface area contributed by atoms with E-state index in [0.717, 1.165) is 17.0 Å². The van der Waals surface area contributed by atoms with E-state index in [-0.39, 0.29) is 11.4 Å². The van der Waals surface area contributed by atoms with Crippen molar-refractivity contribution in [3.63, 3.8) is 0 Å². The standard InChI is InChI=1S/C20H16N4O4/c1-11-12(2)28-20(21-11)14-6-3-7-15(9-14)22-19(25)16-10-13-5-4-8-17(24(26)27)18(13)23-16/h3-10,23H,1-2H3,(H,22,25). The van der Waals surface area contributed by atoms with Crippen LogP contribution in [0.3, 0.4) is 0 Å². The molecule has 0 unspecified atom stereocenters. The van der Waals surface area contributed by atoms with Gasteiger partial charge in [0.1, 0.15) is 17.0 Å². The molecule has 2 N–H and O–H groups in total. The largest absolute Gasteiger partial charge is 0.441 e. The minimum atomic E-state index is -0.482. The molecular weight excluding hydrogens is 360 g/mol. The van der Waals surface area contributed by atoms with Gasteiger partial charge in [-0.25, -0.2) is 4.98 Å². The number of benzene rings is 2. The number of amides is 1. The van der Waals surface area contributed by atoms with Crippen molar-refractivity contribution in [1.29, 1.82) is 0 Å². The topological polar surface area (TPSA) is 114 Å². The van der Waals surface area contributed by atoms with Crippen LogP contribution in [0.15, 0.2) is 52.9 Å². The highest BCUT2D eigenvalue weighted by molar-refractivity contribution is 6.07. The average Bonchev–Trinajstić information content (AvgIpc) is 3.25. The van der Waals surface area contributed by atoms with Crippen LogP contribution < -0.4 is 5.32 Å². The van der Waals surface area contributed by atoms with Crippen molar-refractivity contribution in [2.45, 2.75) is 13.8 Å². The Morgan fingerprint density at radius 3 is 2.68 bits per heavy atom. The van der Waals surface area contributed by atoms with E-state index in [4.69, 9.17) is 4.42 Å². The summed E-state index contributed by atoms with van der Waals surface area (Å²) in [4.78, 5) is 30.5. The molecule has 0 radical (unpaired) electrons. The van der Waals surface area contributed by atoms with Gasteiger partial charge in [0.25, 0.3) is 11.6 Å². The molecule has 0 bridgehead atoms. The lowest BCUT2D eigenvalue weighted by atomic mass is 10.2. The number of nitrogens with zero attached hydrogens (tertiary/aromatic N) is 2. The number of nitro benzene ring substituents is 1. The zero-order valence-electron chi connectivity index (χ0n) is 15.1. The maximum Gasteiger partial charge on any atom is 0.293 e. The molecule has 2 aromatic heterocycles. The Hall–Kier alpha value is -3.94. The third kappa shape index (κ3) is 3.11. The molecule has 8 nitrogen and oxygen atoms in total. The number of rotatable bonds is 4. The lowest BCUT2D eigenvalue weighted by molar-refractivity contribution is -0.383. The zero-order chi connectivity index (χ0) is 19.8. The van der Waals surface area contributed by atoms with Gasteiger partial charge in [-0.3, -0.25) is 14.9 Å². The first-order chi connectivity index (χ1) is 13.4. The number of H-pyrrole nitrogens is 1. The van der Waals surface area contributed by atoms with Crippen LogP contribution in [0, 0.1) is 24.0 Å². The van der Waals surface area contributed by atoms with Gasteiger partial charge >= 0.3 is 0 Å². The van der Waals surface area contributed by atoms with Gasteiger partial charge < -0.3 is 14.7 Å². The van der Waals surface area contributed by atoms with Gasteiger partial charge in [-0.1, -0.05) is 18.2 Å². The molecular formula is C20H16N4O4. The second-order valence-electron chi connectivity index (χ2n) is 6.38. The van der Waals surface area contributed by atoms with Crippen molar-refractivity contribution < 1.29 is 14.1 Å². The van der Waals surface area contributed by atoms with E-state index in [1.807, 2.05) is 19.9 Å².